The van der Waals surface area contributed by atoms with Crippen molar-refractivity contribution in [2.75, 3.05) is 0 Å². The minimum absolute atomic E-state index is 0.0131. The zero-order valence-corrected chi connectivity index (χ0v) is 10.0. The lowest BCUT2D eigenvalue weighted by atomic mass is 10.1. The van der Waals surface area contributed by atoms with Crippen molar-refractivity contribution >= 4 is 5.91 Å². The van der Waals surface area contributed by atoms with Crippen molar-refractivity contribution < 1.29 is 14.3 Å². The number of phenols is 1. The third-order valence-corrected chi connectivity index (χ3v) is 3.75. The van der Waals surface area contributed by atoms with Crippen LogP contribution in [0.3, 0.4) is 0 Å². The van der Waals surface area contributed by atoms with Crippen molar-refractivity contribution in [1.29, 1.82) is 0 Å². The van der Waals surface area contributed by atoms with Gasteiger partial charge in [0.2, 0.25) is 0 Å². The second kappa shape index (κ2) is 4.26. The number of amides is 1. The SMILES string of the molecule is O=C(NC(C1CC1)C1CC1)c1ccc(O)cc1F. The summed E-state index contributed by atoms with van der Waals surface area (Å²) in [5, 5.41) is 12.1. The largest absolute Gasteiger partial charge is 0.508 e. The number of phenolic OH excluding ortho intramolecular Hbond substituents is 1. The molecule has 0 radical (unpaired) electrons. The Morgan fingerprint density at radius 2 is 1.89 bits per heavy atom. The second-order valence-electron chi connectivity index (χ2n) is 5.34. The summed E-state index contributed by atoms with van der Waals surface area (Å²) in [5.41, 5.74) is 0.0131. The maximum Gasteiger partial charge on any atom is 0.254 e. The van der Waals surface area contributed by atoms with Gasteiger partial charge in [-0.25, -0.2) is 4.39 Å². The van der Waals surface area contributed by atoms with Crippen molar-refractivity contribution in [1.82, 2.24) is 5.32 Å². The first kappa shape index (κ1) is 11.5. The van der Waals surface area contributed by atoms with Gasteiger partial charge in [0.15, 0.2) is 0 Å². The summed E-state index contributed by atoms with van der Waals surface area (Å²) in [7, 11) is 0. The van der Waals surface area contributed by atoms with Crippen LogP contribution in [0.15, 0.2) is 18.2 Å². The molecule has 2 saturated carbocycles. The van der Waals surface area contributed by atoms with Crippen LogP contribution in [0.2, 0.25) is 0 Å². The van der Waals surface area contributed by atoms with Crippen LogP contribution in [0.4, 0.5) is 4.39 Å². The summed E-state index contributed by atoms with van der Waals surface area (Å²) < 4.78 is 13.6. The van der Waals surface area contributed by atoms with E-state index in [1.54, 1.807) is 0 Å². The zero-order valence-electron chi connectivity index (χ0n) is 10.0. The summed E-state index contributed by atoms with van der Waals surface area (Å²) in [6, 6.07) is 3.85. The summed E-state index contributed by atoms with van der Waals surface area (Å²) in [6.45, 7) is 0. The van der Waals surface area contributed by atoms with E-state index in [1.807, 2.05) is 0 Å². The Bertz CT molecular complexity index is 469. The van der Waals surface area contributed by atoms with E-state index >= 15 is 0 Å². The fourth-order valence-electron chi connectivity index (χ4n) is 2.45. The summed E-state index contributed by atoms with van der Waals surface area (Å²) >= 11 is 0. The van der Waals surface area contributed by atoms with Gasteiger partial charge in [-0.05, 0) is 49.7 Å². The fraction of sp³-hybridized carbons (Fsp3) is 0.500. The molecule has 0 aromatic heterocycles. The van der Waals surface area contributed by atoms with E-state index in [1.165, 1.54) is 37.8 Å². The van der Waals surface area contributed by atoms with Crippen molar-refractivity contribution in [2.24, 2.45) is 11.8 Å². The highest BCUT2D eigenvalue weighted by Gasteiger charge is 2.42. The van der Waals surface area contributed by atoms with Crippen LogP contribution in [-0.4, -0.2) is 17.1 Å². The number of halogens is 1. The normalized spacial score (nSPS) is 19.0. The molecule has 3 nitrogen and oxygen atoms in total. The van der Waals surface area contributed by atoms with Crippen LogP contribution in [0, 0.1) is 17.7 Å². The van der Waals surface area contributed by atoms with E-state index in [-0.39, 0.29) is 23.3 Å². The van der Waals surface area contributed by atoms with Crippen LogP contribution in [0.5, 0.6) is 5.75 Å². The molecule has 0 atom stereocenters. The smallest absolute Gasteiger partial charge is 0.254 e. The number of rotatable bonds is 4. The molecule has 2 aliphatic carbocycles. The Hall–Kier alpha value is -1.58. The van der Waals surface area contributed by atoms with E-state index in [9.17, 15) is 9.18 Å². The Morgan fingerprint density at radius 1 is 1.28 bits per heavy atom. The number of aromatic hydroxyl groups is 1. The molecule has 0 saturated heterocycles. The van der Waals surface area contributed by atoms with E-state index in [0.717, 1.165) is 6.07 Å². The predicted octanol–water partition coefficient (Wildman–Crippen LogP) is 2.45. The number of carbonyl (C=O) groups excluding carboxylic acids is 1. The third-order valence-electron chi connectivity index (χ3n) is 3.75. The summed E-state index contributed by atoms with van der Waals surface area (Å²) in [5.74, 6) is -0.0256. The minimum Gasteiger partial charge on any atom is -0.508 e. The van der Waals surface area contributed by atoms with Crippen molar-refractivity contribution in [3.63, 3.8) is 0 Å². The van der Waals surface area contributed by atoms with Crippen LogP contribution in [0.1, 0.15) is 36.0 Å². The van der Waals surface area contributed by atoms with E-state index in [0.29, 0.717) is 11.8 Å². The molecule has 18 heavy (non-hydrogen) atoms. The first-order valence-corrected chi connectivity index (χ1v) is 6.44. The van der Waals surface area contributed by atoms with E-state index in [2.05, 4.69) is 5.32 Å². The van der Waals surface area contributed by atoms with Crippen LogP contribution < -0.4 is 5.32 Å². The first-order valence-electron chi connectivity index (χ1n) is 6.44. The Labute approximate surface area is 105 Å². The summed E-state index contributed by atoms with van der Waals surface area (Å²) in [6.07, 6.45) is 4.66. The van der Waals surface area contributed by atoms with E-state index < -0.39 is 5.82 Å². The molecule has 0 aliphatic heterocycles. The molecule has 0 spiro atoms. The van der Waals surface area contributed by atoms with Crippen molar-refractivity contribution in [3.8, 4) is 5.75 Å². The molecular weight excluding hydrogens is 233 g/mol. The number of hydrogen-bond acceptors (Lipinski definition) is 2. The predicted molar refractivity (Wildman–Crippen MR) is 64.8 cm³/mol. The van der Waals surface area contributed by atoms with Gasteiger partial charge in [-0.3, -0.25) is 4.79 Å². The molecule has 0 unspecified atom stereocenters. The molecule has 3 rings (SSSR count). The molecular formula is C14H16FNO2. The standard InChI is InChI=1S/C14H16FNO2/c15-12-7-10(17)5-6-11(12)14(18)16-13(8-1-2-8)9-3-4-9/h5-9,13,17H,1-4H2,(H,16,18). The molecule has 1 aromatic rings. The highest BCUT2D eigenvalue weighted by atomic mass is 19.1. The number of nitrogens with one attached hydrogen (secondary N) is 1. The lowest BCUT2D eigenvalue weighted by molar-refractivity contribution is 0.0922. The summed E-state index contributed by atoms with van der Waals surface area (Å²) in [4.78, 5) is 12.0. The van der Waals surface area contributed by atoms with Gasteiger partial charge >= 0.3 is 0 Å². The Kier molecular flexibility index (Phi) is 2.73. The van der Waals surface area contributed by atoms with Gasteiger partial charge < -0.3 is 10.4 Å². The number of carbonyl (C=O) groups is 1. The Balaban J connectivity index is 1.73. The quantitative estimate of drug-likeness (QED) is 0.861. The maximum atomic E-state index is 13.6. The van der Waals surface area contributed by atoms with Gasteiger partial charge in [-0.15, -0.1) is 0 Å². The van der Waals surface area contributed by atoms with Crippen molar-refractivity contribution in [3.05, 3.63) is 29.6 Å². The lowest BCUT2D eigenvalue weighted by Gasteiger charge is -2.17. The third kappa shape index (κ3) is 2.33. The van der Waals surface area contributed by atoms with Gasteiger partial charge in [0.25, 0.3) is 5.91 Å². The minimum atomic E-state index is -0.669. The number of benzene rings is 1. The van der Waals surface area contributed by atoms with Gasteiger partial charge in [0.1, 0.15) is 11.6 Å². The molecule has 96 valence electrons. The molecule has 2 N–H and O–H groups in total. The Morgan fingerprint density at radius 3 is 2.39 bits per heavy atom. The average Bonchev–Trinajstić information content (AvgIpc) is 3.17. The number of hydrogen-bond donors (Lipinski definition) is 2. The maximum absolute atomic E-state index is 13.6. The zero-order chi connectivity index (χ0) is 12.7. The van der Waals surface area contributed by atoms with Gasteiger partial charge in [-0.1, -0.05) is 0 Å². The van der Waals surface area contributed by atoms with Crippen LogP contribution in [-0.2, 0) is 0 Å². The van der Waals surface area contributed by atoms with Crippen LogP contribution in [0.25, 0.3) is 0 Å². The lowest BCUT2D eigenvalue weighted by Crippen LogP contribution is -2.38. The molecule has 0 bridgehead atoms. The molecule has 2 fully saturated rings. The van der Waals surface area contributed by atoms with E-state index in [4.69, 9.17) is 5.11 Å². The highest BCUT2D eigenvalue weighted by molar-refractivity contribution is 5.94. The van der Waals surface area contributed by atoms with Gasteiger partial charge in [0.05, 0.1) is 5.56 Å². The topological polar surface area (TPSA) is 49.3 Å². The molecule has 1 aromatic carbocycles. The van der Waals surface area contributed by atoms with Gasteiger partial charge in [-0.2, -0.15) is 0 Å². The van der Waals surface area contributed by atoms with Crippen LogP contribution >= 0.6 is 0 Å². The fourth-order valence-corrected chi connectivity index (χ4v) is 2.45. The molecule has 4 heteroatoms. The highest BCUT2D eigenvalue weighted by Crippen LogP contribution is 2.44. The monoisotopic (exact) mass is 249 g/mol. The van der Waals surface area contributed by atoms with Crippen molar-refractivity contribution in [2.45, 2.75) is 31.7 Å². The second-order valence-corrected chi connectivity index (χ2v) is 5.34. The first-order chi connectivity index (χ1) is 8.65. The average molecular weight is 249 g/mol. The molecule has 1 amide bonds. The van der Waals surface area contributed by atoms with Gasteiger partial charge in [0, 0.05) is 12.1 Å². The molecule has 0 heterocycles. The molecule has 2 aliphatic rings.